The van der Waals surface area contributed by atoms with E-state index < -0.39 is 0 Å². The number of aryl methyl sites for hydroxylation is 1. The number of rotatable bonds is 9. The Balaban J connectivity index is 0.00000420. The minimum Gasteiger partial charge on any atom is -0.492 e. The molecule has 0 radical (unpaired) electrons. The summed E-state index contributed by atoms with van der Waals surface area (Å²) in [7, 11) is 5.88. The second-order valence-electron chi connectivity index (χ2n) is 6.89. The molecule has 0 amide bonds. The molecule has 2 rings (SSSR count). The molecule has 0 unspecified atom stereocenters. The quantitative estimate of drug-likeness (QED) is 0.222. The van der Waals surface area contributed by atoms with Gasteiger partial charge >= 0.3 is 0 Å². The molecule has 29 heavy (non-hydrogen) atoms. The van der Waals surface area contributed by atoms with E-state index in [4.69, 9.17) is 4.74 Å². The first kappa shape index (κ1) is 25.6. The number of hydrogen-bond acceptors (Lipinski definition) is 4. The summed E-state index contributed by atoms with van der Waals surface area (Å²) in [5.74, 6) is 1.68. The molecule has 0 fully saturated rings. The van der Waals surface area contributed by atoms with Crippen LogP contribution in [0.25, 0.3) is 0 Å². The molecule has 0 aromatic heterocycles. The van der Waals surface area contributed by atoms with Crippen LogP contribution in [0.15, 0.2) is 52.4 Å². The standard InChI is InChI=1S/C22H32N4OS.HI/c1-17-9-10-19(21(13-17)28-5)16-25-22(23-2)24-15-18-7-6-8-20(14-18)27-12-11-26(3)4;/h6-10,13-14H,11-12,15-16H2,1-5H3,(H2,23,24,25);1H. The van der Waals surface area contributed by atoms with Crippen LogP contribution in [0.1, 0.15) is 16.7 Å². The first-order valence-corrected chi connectivity index (χ1v) is 10.7. The highest BCUT2D eigenvalue weighted by atomic mass is 127. The zero-order chi connectivity index (χ0) is 20.4. The number of nitrogens with one attached hydrogen (secondary N) is 2. The second-order valence-corrected chi connectivity index (χ2v) is 7.74. The smallest absolute Gasteiger partial charge is 0.191 e. The maximum absolute atomic E-state index is 5.81. The summed E-state index contributed by atoms with van der Waals surface area (Å²) < 4.78 is 5.81. The van der Waals surface area contributed by atoms with Crippen molar-refractivity contribution in [3.8, 4) is 5.75 Å². The van der Waals surface area contributed by atoms with Crippen molar-refractivity contribution in [3.05, 3.63) is 59.2 Å². The fourth-order valence-corrected chi connectivity index (χ4v) is 3.38. The predicted octanol–water partition coefficient (Wildman–Crippen LogP) is 4.14. The molecule has 0 heterocycles. The molecule has 2 aromatic rings. The summed E-state index contributed by atoms with van der Waals surface area (Å²) >= 11 is 1.77. The van der Waals surface area contributed by atoms with Crippen LogP contribution >= 0.6 is 35.7 Å². The Morgan fingerprint density at radius 3 is 2.55 bits per heavy atom. The van der Waals surface area contributed by atoms with E-state index >= 15 is 0 Å². The zero-order valence-electron chi connectivity index (χ0n) is 18.0. The average molecular weight is 529 g/mol. The highest BCUT2D eigenvalue weighted by molar-refractivity contribution is 14.0. The number of benzene rings is 2. The van der Waals surface area contributed by atoms with Gasteiger partial charge in [-0.1, -0.05) is 24.3 Å². The van der Waals surface area contributed by atoms with Gasteiger partial charge < -0.3 is 20.3 Å². The normalized spacial score (nSPS) is 11.2. The molecule has 0 saturated heterocycles. The summed E-state index contributed by atoms with van der Waals surface area (Å²) in [6.07, 6.45) is 2.11. The third kappa shape index (κ3) is 9.27. The molecule has 160 valence electrons. The first-order chi connectivity index (χ1) is 13.5. The van der Waals surface area contributed by atoms with E-state index in [-0.39, 0.29) is 24.0 Å². The Morgan fingerprint density at radius 1 is 1.10 bits per heavy atom. The predicted molar refractivity (Wildman–Crippen MR) is 136 cm³/mol. The number of aliphatic imine (C=N–C) groups is 1. The fraction of sp³-hybridized carbons (Fsp3) is 0.409. The van der Waals surface area contributed by atoms with Crippen molar-refractivity contribution in [1.29, 1.82) is 0 Å². The third-order valence-electron chi connectivity index (χ3n) is 4.28. The van der Waals surface area contributed by atoms with Gasteiger partial charge in [-0.3, -0.25) is 4.99 Å². The minimum absolute atomic E-state index is 0. The van der Waals surface area contributed by atoms with E-state index in [1.54, 1.807) is 18.8 Å². The minimum atomic E-state index is 0. The second kappa shape index (κ2) is 13.7. The van der Waals surface area contributed by atoms with Gasteiger partial charge in [-0.2, -0.15) is 0 Å². The molecular weight excluding hydrogens is 495 g/mol. The molecule has 0 bridgehead atoms. The lowest BCUT2D eigenvalue weighted by atomic mass is 10.1. The molecule has 0 aliphatic heterocycles. The molecule has 0 spiro atoms. The van der Waals surface area contributed by atoms with E-state index in [1.165, 1.54) is 16.0 Å². The Morgan fingerprint density at radius 2 is 1.86 bits per heavy atom. The molecule has 2 N–H and O–H groups in total. The van der Waals surface area contributed by atoms with Gasteiger partial charge in [0.1, 0.15) is 12.4 Å². The van der Waals surface area contributed by atoms with Crippen molar-refractivity contribution in [2.45, 2.75) is 24.9 Å². The zero-order valence-corrected chi connectivity index (χ0v) is 21.1. The van der Waals surface area contributed by atoms with Gasteiger partial charge in [0.25, 0.3) is 0 Å². The fourth-order valence-electron chi connectivity index (χ4n) is 2.67. The van der Waals surface area contributed by atoms with Crippen molar-refractivity contribution in [3.63, 3.8) is 0 Å². The number of halogens is 1. The lowest BCUT2D eigenvalue weighted by molar-refractivity contribution is 0.261. The van der Waals surface area contributed by atoms with E-state index in [1.807, 2.05) is 26.2 Å². The van der Waals surface area contributed by atoms with Crippen molar-refractivity contribution in [2.75, 3.05) is 40.6 Å². The lowest BCUT2D eigenvalue weighted by Gasteiger charge is -2.15. The molecular formula is C22H33IN4OS. The highest BCUT2D eigenvalue weighted by Crippen LogP contribution is 2.21. The van der Waals surface area contributed by atoms with Crippen LogP contribution in [0.2, 0.25) is 0 Å². The number of hydrogen-bond donors (Lipinski definition) is 2. The molecule has 2 aromatic carbocycles. The van der Waals surface area contributed by atoms with Crippen LogP contribution in [-0.4, -0.2) is 51.4 Å². The van der Waals surface area contributed by atoms with E-state index in [0.29, 0.717) is 13.2 Å². The summed E-state index contributed by atoms with van der Waals surface area (Å²) in [6, 6.07) is 14.7. The third-order valence-corrected chi connectivity index (χ3v) is 5.10. The van der Waals surface area contributed by atoms with Crippen molar-refractivity contribution in [1.82, 2.24) is 15.5 Å². The van der Waals surface area contributed by atoms with Crippen molar-refractivity contribution < 1.29 is 4.74 Å². The van der Waals surface area contributed by atoms with Gasteiger partial charge in [-0.05, 0) is 62.2 Å². The monoisotopic (exact) mass is 528 g/mol. The molecule has 0 aliphatic carbocycles. The van der Waals surface area contributed by atoms with Gasteiger partial charge in [0.15, 0.2) is 5.96 Å². The number of ether oxygens (including phenoxy) is 1. The van der Waals surface area contributed by atoms with Crippen molar-refractivity contribution in [2.24, 2.45) is 4.99 Å². The Hall–Kier alpha value is -1.45. The topological polar surface area (TPSA) is 48.9 Å². The summed E-state index contributed by atoms with van der Waals surface area (Å²) in [5, 5.41) is 6.77. The molecule has 0 saturated carbocycles. The number of nitrogens with zero attached hydrogens (tertiary/aromatic N) is 2. The lowest BCUT2D eigenvalue weighted by Crippen LogP contribution is -2.36. The number of thioether (sulfide) groups is 1. The number of guanidine groups is 1. The summed E-state index contributed by atoms with van der Waals surface area (Å²) in [6.45, 7) is 5.13. The molecule has 5 nitrogen and oxygen atoms in total. The van der Waals surface area contributed by atoms with Crippen molar-refractivity contribution >= 4 is 41.7 Å². The van der Waals surface area contributed by atoms with E-state index in [2.05, 4.69) is 64.0 Å². The average Bonchev–Trinajstić information content (AvgIpc) is 2.69. The van der Waals surface area contributed by atoms with Gasteiger partial charge in [0.05, 0.1) is 0 Å². The van der Waals surface area contributed by atoms with Gasteiger partial charge in [0.2, 0.25) is 0 Å². The SMILES string of the molecule is CN=C(NCc1cccc(OCCN(C)C)c1)NCc1ccc(C)cc1SC.I. The van der Waals surface area contributed by atoms with Crippen LogP contribution < -0.4 is 15.4 Å². The highest BCUT2D eigenvalue weighted by Gasteiger charge is 2.05. The number of likely N-dealkylation sites (N-methyl/N-ethyl adjacent to an activating group) is 1. The van der Waals surface area contributed by atoms with Crippen LogP contribution in [0.5, 0.6) is 5.75 Å². The molecule has 0 aliphatic rings. The van der Waals surface area contributed by atoms with E-state index in [9.17, 15) is 0 Å². The maximum Gasteiger partial charge on any atom is 0.191 e. The Bertz CT molecular complexity index is 783. The van der Waals surface area contributed by atoms with Gasteiger partial charge in [-0.15, -0.1) is 35.7 Å². The van der Waals surface area contributed by atoms with Crippen LogP contribution in [0.3, 0.4) is 0 Å². The van der Waals surface area contributed by atoms with Gasteiger partial charge in [0, 0.05) is 31.6 Å². The van der Waals surface area contributed by atoms with Crippen LogP contribution in [0, 0.1) is 6.92 Å². The van der Waals surface area contributed by atoms with Crippen LogP contribution in [-0.2, 0) is 13.1 Å². The summed E-state index contributed by atoms with van der Waals surface area (Å²) in [4.78, 5) is 7.74. The molecule has 0 atom stereocenters. The van der Waals surface area contributed by atoms with Crippen LogP contribution in [0.4, 0.5) is 0 Å². The maximum atomic E-state index is 5.81. The van der Waals surface area contributed by atoms with E-state index in [0.717, 1.165) is 30.4 Å². The molecule has 7 heteroatoms. The van der Waals surface area contributed by atoms with Gasteiger partial charge in [-0.25, -0.2) is 0 Å². The largest absolute Gasteiger partial charge is 0.492 e. The first-order valence-electron chi connectivity index (χ1n) is 9.46. The summed E-state index contributed by atoms with van der Waals surface area (Å²) in [5.41, 5.74) is 3.71. The Labute approximate surface area is 196 Å². The Kier molecular flexibility index (Phi) is 12.1.